The number of allylic oxidation sites excluding steroid dienone is 3. The lowest BCUT2D eigenvalue weighted by molar-refractivity contribution is 0.155. The Morgan fingerprint density at radius 3 is 3.00 bits per heavy atom. The van der Waals surface area contributed by atoms with Crippen LogP contribution >= 0.6 is 0 Å². The molecular weight excluding hydrogens is 138 g/mol. The van der Waals surface area contributed by atoms with E-state index in [0.29, 0.717) is 0 Å². The molecule has 0 saturated carbocycles. The highest BCUT2D eigenvalue weighted by atomic mass is 16.6. The highest BCUT2D eigenvalue weighted by molar-refractivity contribution is 5.10. The van der Waals surface area contributed by atoms with Gasteiger partial charge in [0.05, 0.1) is 0 Å². The molecule has 0 amide bonds. The minimum atomic E-state index is 1.10. The first-order chi connectivity index (χ1) is 5.43. The van der Waals surface area contributed by atoms with E-state index in [0.717, 1.165) is 6.42 Å². The normalized spacial score (nSPS) is 15.2. The molecule has 1 aliphatic heterocycles. The Bertz CT molecular complexity index is 161. The number of hydrogen-bond donors (Lipinski definition) is 1. The van der Waals surface area contributed by atoms with Crippen LogP contribution in [0.5, 0.6) is 0 Å². The van der Waals surface area contributed by atoms with Gasteiger partial charge in [0, 0.05) is 5.70 Å². The van der Waals surface area contributed by atoms with Gasteiger partial charge in [-0.25, -0.2) is 5.48 Å². The molecular formula is C9H15NO. The predicted octanol–water partition coefficient (Wildman–Crippen LogP) is 2.50. The summed E-state index contributed by atoms with van der Waals surface area (Å²) in [6, 6.07) is 0. The molecule has 0 fully saturated rings. The van der Waals surface area contributed by atoms with E-state index in [4.69, 9.17) is 4.84 Å². The zero-order valence-corrected chi connectivity index (χ0v) is 6.97. The van der Waals surface area contributed by atoms with Crippen molar-refractivity contribution >= 4 is 0 Å². The molecule has 1 rings (SSSR count). The van der Waals surface area contributed by atoms with Gasteiger partial charge in [-0.05, 0) is 25.0 Å². The standard InChI is InChI=1S/C9H15NO/c1-2-3-4-6-9-7-5-8-11-10-9/h5,7-8,10H,2-4,6H2,1H3. The molecule has 0 saturated heterocycles. The van der Waals surface area contributed by atoms with E-state index in [9.17, 15) is 0 Å². The van der Waals surface area contributed by atoms with E-state index in [2.05, 4.69) is 18.5 Å². The quantitative estimate of drug-likeness (QED) is 0.626. The van der Waals surface area contributed by atoms with E-state index in [1.165, 1.54) is 25.0 Å². The summed E-state index contributed by atoms with van der Waals surface area (Å²) in [6.07, 6.45) is 10.5. The molecule has 0 spiro atoms. The van der Waals surface area contributed by atoms with Crippen molar-refractivity contribution in [1.29, 1.82) is 0 Å². The van der Waals surface area contributed by atoms with Crippen molar-refractivity contribution in [2.24, 2.45) is 0 Å². The second-order valence-electron chi connectivity index (χ2n) is 2.70. The third kappa shape index (κ3) is 3.12. The molecule has 0 aromatic heterocycles. The summed E-state index contributed by atoms with van der Waals surface area (Å²) in [7, 11) is 0. The fourth-order valence-corrected chi connectivity index (χ4v) is 1.04. The SMILES string of the molecule is CCCCCC1=CC=CON1. The van der Waals surface area contributed by atoms with Crippen molar-refractivity contribution in [3.05, 3.63) is 24.1 Å². The van der Waals surface area contributed by atoms with Gasteiger partial charge in [-0.2, -0.15) is 0 Å². The molecule has 0 unspecified atom stereocenters. The van der Waals surface area contributed by atoms with Crippen LogP contribution < -0.4 is 5.48 Å². The summed E-state index contributed by atoms with van der Waals surface area (Å²) >= 11 is 0. The molecule has 1 N–H and O–H groups in total. The van der Waals surface area contributed by atoms with Gasteiger partial charge in [0.15, 0.2) is 0 Å². The number of rotatable bonds is 4. The van der Waals surface area contributed by atoms with Crippen LogP contribution in [0, 0.1) is 0 Å². The van der Waals surface area contributed by atoms with Crippen LogP contribution in [0.1, 0.15) is 32.6 Å². The molecule has 11 heavy (non-hydrogen) atoms. The zero-order valence-electron chi connectivity index (χ0n) is 6.97. The molecule has 0 atom stereocenters. The molecule has 1 aliphatic rings. The van der Waals surface area contributed by atoms with E-state index in [-0.39, 0.29) is 0 Å². The van der Waals surface area contributed by atoms with E-state index >= 15 is 0 Å². The third-order valence-corrected chi connectivity index (χ3v) is 1.68. The summed E-state index contributed by atoms with van der Waals surface area (Å²) in [5.74, 6) is 0. The van der Waals surface area contributed by atoms with E-state index in [1.54, 1.807) is 6.26 Å². The van der Waals surface area contributed by atoms with Crippen LogP contribution in [0.4, 0.5) is 0 Å². The number of hydrogen-bond acceptors (Lipinski definition) is 2. The van der Waals surface area contributed by atoms with Gasteiger partial charge in [-0.3, -0.25) is 0 Å². The zero-order chi connectivity index (χ0) is 7.94. The number of nitrogens with one attached hydrogen (secondary N) is 1. The van der Waals surface area contributed by atoms with Crippen LogP contribution in [-0.2, 0) is 4.84 Å². The summed E-state index contributed by atoms with van der Waals surface area (Å²) in [4.78, 5) is 4.91. The highest BCUT2D eigenvalue weighted by Gasteiger charge is 1.97. The summed E-state index contributed by atoms with van der Waals surface area (Å²) in [5, 5.41) is 0. The van der Waals surface area contributed by atoms with Crippen LogP contribution in [0.2, 0.25) is 0 Å². The van der Waals surface area contributed by atoms with Crippen LogP contribution in [0.25, 0.3) is 0 Å². The van der Waals surface area contributed by atoms with E-state index in [1.807, 2.05) is 6.08 Å². The van der Waals surface area contributed by atoms with Gasteiger partial charge in [0.25, 0.3) is 0 Å². The number of unbranched alkanes of at least 4 members (excludes halogenated alkanes) is 2. The Morgan fingerprint density at radius 2 is 2.36 bits per heavy atom. The van der Waals surface area contributed by atoms with Gasteiger partial charge in [0.1, 0.15) is 6.26 Å². The fourth-order valence-electron chi connectivity index (χ4n) is 1.04. The molecule has 2 heteroatoms. The third-order valence-electron chi connectivity index (χ3n) is 1.68. The van der Waals surface area contributed by atoms with Gasteiger partial charge in [-0.15, -0.1) is 0 Å². The van der Waals surface area contributed by atoms with Crippen LogP contribution in [0.3, 0.4) is 0 Å². The van der Waals surface area contributed by atoms with E-state index < -0.39 is 0 Å². The van der Waals surface area contributed by atoms with Crippen molar-refractivity contribution in [3.63, 3.8) is 0 Å². The monoisotopic (exact) mass is 153 g/mol. The van der Waals surface area contributed by atoms with Crippen molar-refractivity contribution in [3.8, 4) is 0 Å². The highest BCUT2D eigenvalue weighted by Crippen LogP contribution is 2.08. The molecule has 0 aliphatic carbocycles. The lowest BCUT2D eigenvalue weighted by Gasteiger charge is -2.11. The van der Waals surface area contributed by atoms with Gasteiger partial charge in [0.2, 0.25) is 0 Å². The lowest BCUT2D eigenvalue weighted by atomic mass is 10.1. The molecule has 2 nitrogen and oxygen atoms in total. The van der Waals surface area contributed by atoms with Crippen molar-refractivity contribution < 1.29 is 4.84 Å². The maximum Gasteiger partial charge on any atom is 0.119 e. The molecule has 62 valence electrons. The Kier molecular flexibility index (Phi) is 3.59. The smallest absolute Gasteiger partial charge is 0.119 e. The van der Waals surface area contributed by atoms with Crippen molar-refractivity contribution in [1.82, 2.24) is 5.48 Å². The molecule has 0 bridgehead atoms. The van der Waals surface area contributed by atoms with Crippen LogP contribution in [-0.4, -0.2) is 0 Å². The van der Waals surface area contributed by atoms with Gasteiger partial charge >= 0.3 is 0 Å². The molecule has 0 aromatic rings. The lowest BCUT2D eigenvalue weighted by Crippen LogP contribution is -2.12. The minimum absolute atomic E-state index is 1.10. The Hall–Kier alpha value is -0.920. The fraction of sp³-hybridized carbons (Fsp3) is 0.556. The largest absolute Gasteiger partial charge is 0.390 e. The Balaban J connectivity index is 2.15. The van der Waals surface area contributed by atoms with Crippen LogP contribution in [0.15, 0.2) is 24.1 Å². The first-order valence-electron chi connectivity index (χ1n) is 4.21. The van der Waals surface area contributed by atoms with Crippen molar-refractivity contribution in [2.45, 2.75) is 32.6 Å². The average Bonchev–Trinajstić information content (AvgIpc) is 2.07. The first-order valence-corrected chi connectivity index (χ1v) is 4.21. The minimum Gasteiger partial charge on any atom is -0.390 e. The summed E-state index contributed by atoms with van der Waals surface area (Å²) in [5.41, 5.74) is 4.03. The second kappa shape index (κ2) is 4.83. The van der Waals surface area contributed by atoms with Gasteiger partial charge < -0.3 is 4.84 Å². The molecule has 0 aromatic carbocycles. The Labute approximate surface area is 67.9 Å². The molecule has 0 radical (unpaired) electrons. The van der Waals surface area contributed by atoms with Gasteiger partial charge in [-0.1, -0.05) is 19.8 Å². The summed E-state index contributed by atoms with van der Waals surface area (Å²) in [6.45, 7) is 2.21. The maximum absolute atomic E-state index is 4.91. The summed E-state index contributed by atoms with van der Waals surface area (Å²) < 4.78 is 0. The maximum atomic E-state index is 4.91. The first kappa shape index (κ1) is 8.18. The second-order valence-corrected chi connectivity index (χ2v) is 2.70. The Morgan fingerprint density at radius 1 is 1.45 bits per heavy atom. The van der Waals surface area contributed by atoms with Crippen molar-refractivity contribution in [2.75, 3.05) is 0 Å². The topological polar surface area (TPSA) is 21.3 Å². The molecule has 1 heterocycles. The number of hydroxylamine groups is 1. The average molecular weight is 153 g/mol. The predicted molar refractivity (Wildman–Crippen MR) is 45.6 cm³/mol.